The minimum absolute atomic E-state index is 0.0791. The summed E-state index contributed by atoms with van der Waals surface area (Å²) in [6.07, 6.45) is 2.73. The second-order valence-electron chi connectivity index (χ2n) is 5.11. The summed E-state index contributed by atoms with van der Waals surface area (Å²) < 4.78 is 5.06. The fourth-order valence-electron chi connectivity index (χ4n) is 1.56. The minimum atomic E-state index is -0.964. The molecule has 2 N–H and O–H groups in total. The van der Waals surface area contributed by atoms with E-state index >= 15 is 0 Å². The van der Waals surface area contributed by atoms with Crippen molar-refractivity contribution in [2.75, 3.05) is 13.1 Å². The summed E-state index contributed by atoms with van der Waals surface area (Å²) in [6, 6.07) is -0.757. The van der Waals surface area contributed by atoms with E-state index in [0.717, 1.165) is 0 Å². The van der Waals surface area contributed by atoms with Gasteiger partial charge >= 0.3 is 12.1 Å². The van der Waals surface area contributed by atoms with Crippen molar-refractivity contribution in [2.45, 2.75) is 32.4 Å². The van der Waals surface area contributed by atoms with E-state index in [1.807, 2.05) is 0 Å². The van der Waals surface area contributed by atoms with Gasteiger partial charge in [-0.3, -0.25) is 0 Å². The molecule has 0 radical (unpaired) electrons. The number of ether oxygens (including phenoxy) is 1. The molecule has 1 aliphatic rings. The zero-order chi connectivity index (χ0) is 14.6. The highest BCUT2D eigenvalue weighted by Gasteiger charge is 2.28. The lowest BCUT2D eigenvalue weighted by molar-refractivity contribution is -0.139. The van der Waals surface area contributed by atoms with Crippen molar-refractivity contribution in [3.8, 4) is 0 Å². The highest BCUT2D eigenvalue weighted by atomic mass is 32.1. The zero-order valence-electron chi connectivity index (χ0n) is 11.2. The third kappa shape index (κ3) is 4.86. The Balaban J connectivity index is 2.44. The Morgan fingerprint density at radius 2 is 2.16 bits per heavy atom. The predicted octanol–water partition coefficient (Wildman–Crippen LogP) is 1.16. The molecule has 0 fully saturated rings. The molecule has 0 saturated carbocycles. The first-order chi connectivity index (χ1) is 8.70. The molecule has 0 aromatic heterocycles. The second-order valence-corrected chi connectivity index (χ2v) is 5.58. The number of nitrogens with one attached hydrogen (secondary N) is 1. The Labute approximate surface area is 117 Å². The summed E-state index contributed by atoms with van der Waals surface area (Å²) in [5, 5.41) is 11.5. The van der Waals surface area contributed by atoms with Crippen LogP contribution >= 0.6 is 12.2 Å². The van der Waals surface area contributed by atoms with Gasteiger partial charge in [0, 0.05) is 6.54 Å². The average Bonchev–Trinajstić information content (AvgIpc) is 2.72. The first-order valence-corrected chi connectivity index (χ1v) is 6.27. The number of aliphatic carboxylic acids is 1. The van der Waals surface area contributed by atoms with Crippen LogP contribution in [-0.2, 0) is 9.53 Å². The van der Waals surface area contributed by atoms with Crippen molar-refractivity contribution in [1.29, 1.82) is 0 Å². The average molecular weight is 286 g/mol. The fourth-order valence-corrected chi connectivity index (χ4v) is 1.82. The summed E-state index contributed by atoms with van der Waals surface area (Å²) in [7, 11) is 0. The van der Waals surface area contributed by atoms with Gasteiger partial charge < -0.3 is 20.1 Å². The van der Waals surface area contributed by atoms with Crippen LogP contribution < -0.4 is 5.32 Å². The van der Waals surface area contributed by atoms with Crippen LogP contribution in [0.15, 0.2) is 12.2 Å². The van der Waals surface area contributed by atoms with Gasteiger partial charge in [-0.25, -0.2) is 9.59 Å². The van der Waals surface area contributed by atoms with Crippen LogP contribution in [0.4, 0.5) is 4.79 Å². The van der Waals surface area contributed by atoms with Crippen LogP contribution in [0.5, 0.6) is 0 Å². The van der Waals surface area contributed by atoms with Crippen molar-refractivity contribution in [1.82, 2.24) is 10.2 Å². The molecule has 1 amide bonds. The Bertz CT molecular complexity index is 414. The summed E-state index contributed by atoms with van der Waals surface area (Å²) in [5.41, 5.74) is -0.579. The molecule has 0 aromatic rings. The highest BCUT2D eigenvalue weighted by Crippen LogP contribution is 2.11. The molecule has 0 aliphatic carbocycles. The molecule has 0 aromatic carbocycles. The molecule has 1 atom stereocenters. The van der Waals surface area contributed by atoms with Crippen LogP contribution in [0, 0.1) is 0 Å². The van der Waals surface area contributed by atoms with E-state index in [2.05, 4.69) is 5.32 Å². The molecule has 0 saturated heterocycles. The van der Waals surface area contributed by atoms with Crippen molar-refractivity contribution in [3.05, 3.63) is 12.2 Å². The van der Waals surface area contributed by atoms with E-state index in [1.165, 1.54) is 4.90 Å². The monoisotopic (exact) mass is 286 g/mol. The number of thiocarbonyl (C=S) groups is 1. The Morgan fingerprint density at radius 3 is 2.68 bits per heavy atom. The van der Waals surface area contributed by atoms with E-state index in [0.29, 0.717) is 11.5 Å². The number of alkyl carbamates (subject to hydrolysis) is 1. The van der Waals surface area contributed by atoms with Crippen LogP contribution in [-0.4, -0.2) is 51.8 Å². The van der Waals surface area contributed by atoms with Gasteiger partial charge in [0.1, 0.15) is 11.6 Å². The van der Waals surface area contributed by atoms with Crippen molar-refractivity contribution >= 4 is 29.3 Å². The molecule has 19 heavy (non-hydrogen) atoms. The highest BCUT2D eigenvalue weighted by molar-refractivity contribution is 7.80. The summed E-state index contributed by atoms with van der Waals surface area (Å²) >= 11 is 5.12. The number of carboxylic acid groups (broad SMARTS) is 1. The summed E-state index contributed by atoms with van der Waals surface area (Å²) in [4.78, 5) is 24.3. The van der Waals surface area contributed by atoms with Crippen molar-refractivity contribution in [3.63, 3.8) is 0 Å². The standard InChI is InChI=1S/C12H18N2O4S/c1-12(2,3)18-11(17)13-7-9(19)14-6-4-5-8(14)10(15)16/h4-5,8H,6-7H2,1-3H3,(H,13,17)(H,15,16). The summed E-state index contributed by atoms with van der Waals surface area (Å²) in [5.74, 6) is -0.964. The first-order valence-electron chi connectivity index (χ1n) is 5.86. The van der Waals surface area contributed by atoms with Crippen LogP contribution in [0.1, 0.15) is 20.8 Å². The lowest BCUT2D eigenvalue weighted by atomic mass is 10.2. The Kier molecular flexibility index (Phi) is 4.88. The maximum Gasteiger partial charge on any atom is 0.408 e. The second kappa shape index (κ2) is 6.01. The number of carboxylic acids is 1. The van der Waals surface area contributed by atoms with Crippen molar-refractivity contribution in [2.24, 2.45) is 0 Å². The molecule has 0 spiro atoms. The lowest BCUT2D eigenvalue weighted by Gasteiger charge is -2.25. The third-order valence-electron chi connectivity index (χ3n) is 2.31. The van der Waals surface area contributed by atoms with Crippen LogP contribution in [0.25, 0.3) is 0 Å². The maximum atomic E-state index is 11.4. The van der Waals surface area contributed by atoms with E-state index in [9.17, 15) is 9.59 Å². The molecule has 1 unspecified atom stereocenters. The quantitative estimate of drug-likeness (QED) is 0.599. The Hall–Kier alpha value is -1.63. The number of hydrogen-bond donors (Lipinski definition) is 2. The third-order valence-corrected chi connectivity index (χ3v) is 2.69. The Morgan fingerprint density at radius 1 is 1.53 bits per heavy atom. The van der Waals surface area contributed by atoms with Gasteiger partial charge in [0.2, 0.25) is 0 Å². The lowest BCUT2D eigenvalue weighted by Crippen LogP contribution is -2.45. The number of rotatable bonds is 3. The molecule has 1 heterocycles. The molecular weight excluding hydrogens is 268 g/mol. The van der Waals surface area contributed by atoms with Gasteiger partial charge in [0.15, 0.2) is 0 Å². The van der Waals surface area contributed by atoms with Crippen LogP contribution in [0.2, 0.25) is 0 Å². The van der Waals surface area contributed by atoms with Gasteiger partial charge in [-0.15, -0.1) is 0 Å². The number of carbonyl (C=O) groups is 2. The van der Waals surface area contributed by atoms with Gasteiger partial charge in [-0.1, -0.05) is 24.4 Å². The van der Waals surface area contributed by atoms with E-state index in [1.54, 1.807) is 32.9 Å². The zero-order valence-corrected chi connectivity index (χ0v) is 12.0. The normalized spacial score (nSPS) is 18.3. The predicted molar refractivity (Wildman–Crippen MR) is 74.1 cm³/mol. The van der Waals surface area contributed by atoms with Crippen molar-refractivity contribution < 1.29 is 19.4 Å². The van der Waals surface area contributed by atoms with E-state index < -0.39 is 23.7 Å². The maximum absolute atomic E-state index is 11.4. The van der Waals surface area contributed by atoms with Gasteiger partial charge in [0.05, 0.1) is 11.5 Å². The molecular formula is C12H18N2O4S. The fraction of sp³-hybridized carbons (Fsp3) is 0.583. The number of nitrogens with zero attached hydrogens (tertiary/aromatic N) is 1. The number of carbonyl (C=O) groups excluding carboxylic acids is 1. The van der Waals surface area contributed by atoms with Gasteiger partial charge in [-0.05, 0) is 20.8 Å². The molecule has 7 heteroatoms. The number of hydrogen-bond acceptors (Lipinski definition) is 4. The SMILES string of the molecule is CC(C)(C)OC(=O)NCC(=S)N1CC=CC1C(=O)O. The first kappa shape index (κ1) is 15.4. The van der Waals surface area contributed by atoms with E-state index in [-0.39, 0.29) is 6.54 Å². The molecule has 1 aliphatic heterocycles. The van der Waals surface area contributed by atoms with Gasteiger partial charge in [-0.2, -0.15) is 0 Å². The molecule has 0 bridgehead atoms. The molecule has 6 nitrogen and oxygen atoms in total. The largest absolute Gasteiger partial charge is 0.479 e. The van der Waals surface area contributed by atoms with Gasteiger partial charge in [0.25, 0.3) is 0 Å². The molecule has 106 valence electrons. The number of amides is 1. The summed E-state index contributed by atoms with van der Waals surface area (Å²) in [6.45, 7) is 5.79. The minimum Gasteiger partial charge on any atom is -0.479 e. The van der Waals surface area contributed by atoms with E-state index in [4.69, 9.17) is 22.1 Å². The smallest absolute Gasteiger partial charge is 0.408 e. The topological polar surface area (TPSA) is 78.9 Å². The van der Waals surface area contributed by atoms with Crippen LogP contribution in [0.3, 0.4) is 0 Å². The molecule has 1 rings (SSSR count).